The summed E-state index contributed by atoms with van der Waals surface area (Å²) < 4.78 is 9.25. The van der Waals surface area contributed by atoms with Gasteiger partial charge in [-0.3, -0.25) is 4.68 Å². The van der Waals surface area contributed by atoms with E-state index in [1.165, 1.54) is 0 Å². The van der Waals surface area contributed by atoms with Gasteiger partial charge in [-0.1, -0.05) is 13.8 Å². The van der Waals surface area contributed by atoms with Crippen LogP contribution in [0.3, 0.4) is 0 Å². The van der Waals surface area contributed by atoms with Crippen molar-refractivity contribution in [2.24, 2.45) is 7.05 Å². The van der Waals surface area contributed by atoms with Gasteiger partial charge in [-0.15, -0.1) is 0 Å². The molecule has 2 heterocycles. The van der Waals surface area contributed by atoms with Crippen LogP contribution < -0.4 is 10.5 Å². The molecule has 0 spiro atoms. The number of hydrogen-bond donors (Lipinski definition) is 1. The van der Waals surface area contributed by atoms with Crippen LogP contribution in [0, 0.1) is 0 Å². The number of ether oxygens (including phenoxy) is 1. The maximum Gasteiger partial charge on any atom is 0.241 e. The van der Waals surface area contributed by atoms with E-state index >= 15 is 0 Å². The van der Waals surface area contributed by atoms with Crippen LogP contribution in [0.25, 0.3) is 0 Å². The Balaban J connectivity index is 2.20. The molecule has 0 aliphatic heterocycles. The number of rotatable bonds is 5. The summed E-state index contributed by atoms with van der Waals surface area (Å²) in [6.07, 6.45) is 5.38. The number of nitrogen functional groups attached to an aromatic ring is 1. The summed E-state index contributed by atoms with van der Waals surface area (Å²) in [5.74, 6) is 1.25. The lowest BCUT2D eigenvalue weighted by Gasteiger charge is -2.03. The minimum atomic E-state index is 0.572. The molecule has 2 N–H and O–H groups in total. The van der Waals surface area contributed by atoms with Crippen molar-refractivity contribution in [2.75, 3.05) is 5.73 Å². The molecular formula is C12H19N5O. The molecule has 98 valence electrons. The molecule has 0 aliphatic rings. The third kappa shape index (κ3) is 2.32. The largest absolute Gasteiger partial charge is 0.434 e. The molecule has 0 radical (unpaired) electrons. The molecule has 0 atom stereocenters. The second-order valence-electron chi connectivity index (χ2n) is 4.18. The highest BCUT2D eigenvalue weighted by molar-refractivity contribution is 5.54. The molecule has 6 nitrogen and oxygen atoms in total. The fourth-order valence-electron chi connectivity index (χ4n) is 1.82. The van der Waals surface area contributed by atoms with Crippen molar-refractivity contribution in [3.8, 4) is 11.6 Å². The molecule has 2 aromatic rings. The summed E-state index contributed by atoms with van der Waals surface area (Å²) in [6.45, 7) is 5.00. The minimum absolute atomic E-state index is 0.572. The Morgan fingerprint density at radius 3 is 2.78 bits per heavy atom. The Labute approximate surface area is 106 Å². The first kappa shape index (κ1) is 12.5. The first-order chi connectivity index (χ1) is 8.65. The van der Waals surface area contributed by atoms with Gasteiger partial charge in [-0.25, -0.2) is 4.68 Å². The zero-order valence-electron chi connectivity index (χ0n) is 11.1. The molecule has 18 heavy (non-hydrogen) atoms. The lowest BCUT2D eigenvalue weighted by atomic mass is 10.3. The molecule has 0 fully saturated rings. The zero-order chi connectivity index (χ0) is 13.1. The number of aryl methyl sites for hydroxylation is 3. The predicted molar refractivity (Wildman–Crippen MR) is 69.6 cm³/mol. The van der Waals surface area contributed by atoms with E-state index in [-0.39, 0.29) is 0 Å². The molecule has 0 aliphatic carbocycles. The summed E-state index contributed by atoms with van der Waals surface area (Å²) in [5, 5.41) is 8.52. The quantitative estimate of drug-likeness (QED) is 0.879. The van der Waals surface area contributed by atoms with Gasteiger partial charge in [0.15, 0.2) is 5.75 Å². The molecular weight excluding hydrogens is 230 g/mol. The van der Waals surface area contributed by atoms with E-state index < -0.39 is 0 Å². The van der Waals surface area contributed by atoms with Crippen molar-refractivity contribution in [3.05, 3.63) is 18.1 Å². The van der Waals surface area contributed by atoms with Crippen LogP contribution in [0.2, 0.25) is 0 Å². The predicted octanol–water partition coefficient (Wildman–Crippen LogP) is 1.96. The highest BCUT2D eigenvalue weighted by Gasteiger charge is 2.14. The monoisotopic (exact) mass is 249 g/mol. The first-order valence-corrected chi connectivity index (χ1v) is 6.17. The molecule has 0 saturated carbocycles. The van der Waals surface area contributed by atoms with Crippen LogP contribution in [0.4, 0.5) is 5.69 Å². The molecule has 0 saturated heterocycles. The van der Waals surface area contributed by atoms with Crippen molar-refractivity contribution in [1.29, 1.82) is 0 Å². The van der Waals surface area contributed by atoms with Crippen LogP contribution in [-0.2, 0) is 20.0 Å². The number of aromatic nitrogens is 4. The Morgan fingerprint density at radius 1 is 1.39 bits per heavy atom. The highest BCUT2D eigenvalue weighted by Crippen LogP contribution is 2.29. The number of nitrogens with zero attached hydrogens (tertiary/aromatic N) is 4. The molecule has 0 amide bonds. The van der Waals surface area contributed by atoms with Crippen LogP contribution in [-0.4, -0.2) is 19.6 Å². The maximum atomic E-state index is 5.99. The van der Waals surface area contributed by atoms with Gasteiger partial charge in [-0.2, -0.15) is 10.2 Å². The van der Waals surface area contributed by atoms with Crippen molar-refractivity contribution in [2.45, 2.75) is 33.2 Å². The van der Waals surface area contributed by atoms with Crippen LogP contribution in [0.1, 0.15) is 26.0 Å². The molecule has 6 heteroatoms. The number of anilines is 1. The third-order valence-electron chi connectivity index (χ3n) is 2.72. The zero-order valence-corrected chi connectivity index (χ0v) is 11.1. The Hall–Kier alpha value is -1.98. The van der Waals surface area contributed by atoms with Gasteiger partial charge in [0.2, 0.25) is 5.88 Å². The van der Waals surface area contributed by atoms with Crippen molar-refractivity contribution in [3.63, 3.8) is 0 Å². The van der Waals surface area contributed by atoms with E-state index in [0.29, 0.717) is 17.3 Å². The Bertz CT molecular complexity index is 529. The summed E-state index contributed by atoms with van der Waals surface area (Å²) >= 11 is 0. The SMILES string of the molecule is CCCn1cc(Oc2c(N)c(CC)nn2C)cn1. The third-order valence-corrected chi connectivity index (χ3v) is 2.72. The molecule has 0 aromatic carbocycles. The first-order valence-electron chi connectivity index (χ1n) is 6.17. The van der Waals surface area contributed by atoms with E-state index in [0.717, 1.165) is 25.1 Å². The topological polar surface area (TPSA) is 70.9 Å². The second-order valence-corrected chi connectivity index (χ2v) is 4.18. The smallest absolute Gasteiger partial charge is 0.241 e. The molecule has 0 unspecified atom stereocenters. The lowest BCUT2D eigenvalue weighted by molar-refractivity contribution is 0.431. The fraction of sp³-hybridized carbons (Fsp3) is 0.500. The molecule has 2 rings (SSSR count). The van der Waals surface area contributed by atoms with Gasteiger partial charge in [0.05, 0.1) is 18.1 Å². The standard InChI is InChI=1S/C12H19N5O/c1-4-6-17-8-9(7-14-17)18-12-11(13)10(5-2)15-16(12)3/h7-8H,4-6,13H2,1-3H3. The highest BCUT2D eigenvalue weighted by atomic mass is 16.5. The lowest BCUT2D eigenvalue weighted by Crippen LogP contribution is -1.97. The van der Waals surface area contributed by atoms with E-state index in [2.05, 4.69) is 17.1 Å². The van der Waals surface area contributed by atoms with Crippen molar-refractivity contribution < 1.29 is 4.74 Å². The average molecular weight is 249 g/mol. The number of hydrogen-bond acceptors (Lipinski definition) is 4. The summed E-state index contributed by atoms with van der Waals surface area (Å²) in [4.78, 5) is 0. The van der Waals surface area contributed by atoms with Gasteiger partial charge in [0, 0.05) is 13.6 Å². The molecule has 0 bridgehead atoms. The van der Waals surface area contributed by atoms with Crippen molar-refractivity contribution >= 4 is 5.69 Å². The normalized spacial score (nSPS) is 10.8. The van der Waals surface area contributed by atoms with Crippen LogP contribution in [0.5, 0.6) is 11.6 Å². The summed E-state index contributed by atoms with van der Waals surface area (Å²) in [7, 11) is 1.82. The maximum absolute atomic E-state index is 5.99. The summed E-state index contributed by atoms with van der Waals surface area (Å²) in [6, 6.07) is 0. The van der Waals surface area contributed by atoms with Crippen LogP contribution >= 0.6 is 0 Å². The minimum Gasteiger partial charge on any atom is -0.434 e. The van der Waals surface area contributed by atoms with Gasteiger partial charge in [0.1, 0.15) is 5.69 Å². The van der Waals surface area contributed by atoms with E-state index in [4.69, 9.17) is 10.5 Å². The van der Waals surface area contributed by atoms with Gasteiger partial charge >= 0.3 is 0 Å². The second kappa shape index (κ2) is 5.12. The molecule has 2 aromatic heterocycles. The fourth-order valence-corrected chi connectivity index (χ4v) is 1.82. The Morgan fingerprint density at radius 2 is 2.17 bits per heavy atom. The van der Waals surface area contributed by atoms with Crippen LogP contribution in [0.15, 0.2) is 12.4 Å². The Kier molecular flexibility index (Phi) is 3.55. The number of nitrogens with two attached hydrogens (primary N) is 1. The van der Waals surface area contributed by atoms with Gasteiger partial charge in [-0.05, 0) is 12.8 Å². The summed E-state index contributed by atoms with van der Waals surface area (Å²) in [5.41, 5.74) is 7.45. The van der Waals surface area contributed by atoms with E-state index in [9.17, 15) is 0 Å². The average Bonchev–Trinajstić information content (AvgIpc) is 2.89. The van der Waals surface area contributed by atoms with E-state index in [1.54, 1.807) is 10.9 Å². The van der Waals surface area contributed by atoms with Gasteiger partial charge < -0.3 is 10.5 Å². The van der Waals surface area contributed by atoms with Gasteiger partial charge in [0.25, 0.3) is 0 Å². The van der Waals surface area contributed by atoms with E-state index in [1.807, 2.05) is 24.9 Å². The van der Waals surface area contributed by atoms with Crippen molar-refractivity contribution in [1.82, 2.24) is 19.6 Å².